The van der Waals surface area contributed by atoms with Gasteiger partial charge >= 0.3 is 21.3 Å². The molecule has 0 fully saturated rings. The van der Waals surface area contributed by atoms with Gasteiger partial charge in [-0.15, -0.1) is 0 Å². The van der Waals surface area contributed by atoms with Crippen LogP contribution in [0.4, 0.5) is 13.2 Å². The topological polar surface area (TPSA) is 134 Å². The van der Waals surface area contributed by atoms with Crippen LogP contribution in [0.2, 0.25) is 0 Å². The predicted octanol–water partition coefficient (Wildman–Crippen LogP) is 4.25. The number of fused-ring (bicyclic) bond motifs is 2. The van der Waals surface area contributed by atoms with Crippen LogP contribution in [-0.4, -0.2) is 47.2 Å². The normalized spacial score (nSPS) is 14.7. The highest BCUT2D eigenvalue weighted by Crippen LogP contribution is 2.48. The fraction of sp³-hybridized carbons (Fsp3) is 0.667. The van der Waals surface area contributed by atoms with Crippen LogP contribution < -0.4 is 0 Å². The summed E-state index contributed by atoms with van der Waals surface area (Å²) in [5, 5.41) is 17.3. The first kappa shape index (κ1) is 27.4. The molecule has 2 bridgehead atoms. The lowest BCUT2D eigenvalue weighted by Crippen LogP contribution is -2.39. The second-order valence-corrected chi connectivity index (χ2v) is 9.50. The molecule has 3 N–H and O–H groups in total. The first-order valence-corrected chi connectivity index (χ1v) is 12.1. The van der Waals surface area contributed by atoms with Crippen molar-refractivity contribution in [1.82, 2.24) is 0 Å². The van der Waals surface area contributed by atoms with E-state index in [4.69, 9.17) is 13.7 Å². The molecule has 0 saturated carbocycles. The summed E-state index contributed by atoms with van der Waals surface area (Å²) in [6.45, 7) is 6.06. The van der Waals surface area contributed by atoms with E-state index in [1.54, 1.807) is 27.7 Å². The van der Waals surface area contributed by atoms with E-state index in [1.807, 2.05) is 0 Å². The number of rotatable bonds is 12. The van der Waals surface area contributed by atoms with Crippen LogP contribution in [0.25, 0.3) is 11.2 Å². The molecule has 2 aromatic heterocycles. The van der Waals surface area contributed by atoms with E-state index in [2.05, 4.69) is 0 Å². The minimum absolute atomic E-state index is 0.0309. The summed E-state index contributed by atoms with van der Waals surface area (Å²) in [6, 6.07) is 1.29. The molecule has 0 aliphatic heterocycles. The van der Waals surface area contributed by atoms with E-state index in [0.29, 0.717) is 18.4 Å². The molecule has 0 aliphatic rings. The van der Waals surface area contributed by atoms with Gasteiger partial charge in [-0.05, 0) is 31.7 Å². The minimum Gasteiger partial charge on any atom is -0.462 e. The Morgan fingerprint density at radius 2 is 1.55 bits per heavy atom. The van der Waals surface area contributed by atoms with Gasteiger partial charge in [0.15, 0.2) is 6.17 Å². The highest BCUT2D eigenvalue weighted by Gasteiger charge is 2.52. The third-order valence-corrected chi connectivity index (χ3v) is 7.20. The molecule has 1 unspecified atom stereocenters. The van der Waals surface area contributed by atoms with Crippen molar-refractivity contribution in [3.05, 3.63) is 22.8 Å². The lowest BCUT2D eigenvalue weighted by Gasteiger charge is -2.33. The standard InChI is InChI=1S/C21H29F3O8S/c1-5-19(26,6-2)15-13-11-12(17(32-13)16(15)20(27,7-3)8-4)18(25)31-10-9-14(22)21(23,24)33(28,29)30/h11,14,26-27H,5-10H2,1-4H3,(H,28,29,30). The Labute approximate surface area is 189 Å². The van der Waals surface area contributed by atoms with Crippen LogP contribution >= 0.6 is 0 Å². The number of aliphatic hydroxyl groups is 2. The molecule has 0 saturated heterocycles. The molecule has 12 heteroatoms. The number of carbonyl (C=O) groups is 1. The maximum atomic E-state index is 13.6. The molecule has 2 rings (SSSR count). The quantitative estimate of drug-likeness (QED) is 0.292. The van der Waals surface area contributed by atoms with Gasteiger partial charge in [0.2, 0.25) is 0 Å². The minimum atomic E-state index is -5.97. The number of benzene rings is 1. The van der Waals surface area contributed by atoms with Crippen LogP contribution in [0.5, 0.6) is 0 Å². The lowest BCUT2D eigenvalue weighted by molar-refractivity contribution is -0.0163. The van der Waals surface area contributed by atoms with Crippen LogP contribution in [0.3, 0.4) is 0 Å². The first-order valence-electron chi connectivity index (χ1n) is 10.6. The van der Waals surface area contributed by atoms with Crippen molar-refractivity contribution in [1.29, 1.82) is 0 Å². The largest absolute Gasteiger partial charge is 0.462 e. The third kappa shape index (κ3) is 4.71. The van der Waals surface area contributed by atoms with Gasteiger partial charge in [0, 0.05) is 17.5 Å². The van der Waals surface area contributed by atoms with Gasteiger partial charge in [-0.2, -0.15) is 17.2 Å². The molecular weight excluding hydrogens is 469 g/mol. The number of esters is 1. The summed E-state index contributed by atoms with van der Waals surface area (Å²) < 4.78 is 80.4. The average molecular weight is 499 g/mol. The summed E-state index contributed by atoms with van der Waals surface area (Å²) in [5.41, 5.74) is -2.19. The van der Waals surface area contributed by atoms with Gasteiger partial charge in [-0.3, -0.25) is 4.55 Å². The highest BCUT2D eigenvalue weighted by molar-refractivity contribution is 7.86. The highest BCUT2D eigenvalue weighted by atomic mass is 32.2. The zero-order valence-electron chi connectivity index (χ0n) is 18.8. The van der Waals surface area contributed by atoms with Gasteiger partial charge < -0.3 is 19.4 Å². The average Bonchev–Trinajstić information content (AvgIpc) is 3.36. The van der Waals surface area contributed by atoms with Crippen LogP contribution in [0.15, 0.2) is 10.5 Å². The van der Waals surface area contributed by atoms with Crippen molar-refractivity contribution in [2.45, 2.75) is 82.4 Å². The molecule has 2 heterocycles. The first-order chi connectivity index (χ1) is 15.1. The van der Waals surface area contributed by atoms with Crippen LogP contribution in [0.1, 0.15) is 81.3 Å². The molecular formula is C21H29F3O8S. The van der Waals surface area contributed by atoms with E-state index in [-0.39, 0.29) is 35.1 Å². The van der Waals surface area contributed by atoms with Crippen molar-refractivity contribution in [2.24, 2.45) is 0 Å². The number of furan rings is 2. The molecule has 1 atom stereocenters. The number of ether oxygens (including phenoxy) is 1. The number of carbonyl (C=O) groups excluding carboxylic acids is 1. The van der Waals surface area contributed by atoms with Gasteiger partial charge in [0.1, 0.15) is 16.7 Å². The zero-order chi connectivity index (χ0) is 25.4. The van der Waals surface area contributed by atoms with Gasteiger partial charge in [-0.25, -0.2) is 9.18 Å². The Morgan fingerprint density at radius 3 is 2.00 bits per heavy atom. The van der Waals surface area contributed by atoms with Crippen molar-refractivity contribution >= 4 is 27.3 Å². The second-order valence-electron chi connectivity index (χ2n) is 8.01. The number of hydrogen-bond acceptors (Lipinski definition) is 7. The summed E-state index contributed by atoms with van der Waals surface area (Å²) in [6.07, 6.45) is -3.40. The maximum Gasteiger partial charge on any atom is 0.400 e. The molecule has 0 radical (unpaired) electrons. The van der Waals surface area contributed by atoms with Gasteiger partial charge in [-0.1, -0.05) is 27.7 Å². The second kappa shape index (κ2) is 9.40. The van der Waals surface area contributed by atoms with E-state index < -0.39 is 51.7 Å². The fourth-order valence-electron chi connectivity index (χ4n) is 3.86. The number of alkyl halides is 3. The van der Waals surface area contributed by atoms with Crippen molar-refractivity contribution in [3.8, 4) is 0 Å². The van der Waals surface area contributed by atoms with E-state index in [9.17, 15) is 36.6 Å². The van der Waals surface area contributed by atoms with E-state index in [1.165, 1.54) is 6.07 Å². The van der Waals surface area contributed by atoms with E-state index >= 15 is 0 Å². The SMILES string of the molecule is CCC(O)(CC)c1c(C(O)(CC)CC)c2oc1cc2C(=O)OCCC(F)C(F)(F)S(=O)(=O)O. The Balaban J connectivity index is 2.37. The number of hydrogen-bond donors (Lipinski definition) is 3. The summed E-state index contributed by atoms with van der Waals surface area (Å²) in [4.78, 5) is 12.6. The van der Waals surface area contributed by atoms with Crippen LogP contribution in [-0.2, 0) is 26.1 Å². The third-order valence-electron chi connectivity index (χ3n) is 6.26. The van der Waals surface area contributed by atoms with Gasteiger partial charge in [0.05, 0.1) is 17.8 Å². The molecule has 0 aromatic carbocycles. The molecule has 8 nitrogen and oxygen atoms in total. The molecule has 33 heavy (non-hydrogen) atoms. The fourth-order valence-corrected chi connectivity index (χ4v) is 4.30. The Morgan fingerprint density at radius 1 is 1.06 bits per heavy atom. The molecule has 188 valence electrons. The Kier molecular flexibility index (Phi) is 7.79. The van der Waals surface area contributed by atoms with Crippen LogP contribution in [0, 0.1) is 0 Å². The van der Waals surface area contributed by atoms with Crippen molar-refractivity contribution < 1.29 is 50.3 Å². The zero-order valence-corrected chi connectivity index (χ0v) is 19.6. The molecule has 0 aliphatic carbocycles. The predicted molar refractivity (Wildman–Crippen MR) is 113 cm³/mol. The lowest BCUT2D eigenvalue weighted by atomic mass is 9.77. The molecule has 0 amide bonds. The maximum absolute atomic E-state index is 13.6. The van der Waals surface area contributed by atoms with Gasteiger partial charge in [0.25, 0.3) is 0 Å². The Bertz CT molecular complexity index is 1070. The summed E-state index contributed by atoms with van der Waals surface area (Å²) >= 11 is 0. The smallest absolute Gasteiger partial charge is 0.400 e. The monoisotopic (exact) mass is 498 g/mol. The molecule has 2 aromatic rings. The summed E-state index contributed by atoms with van der Waals surface area (Å²) in [7, 11) is -5.97. The Hall–Kier alpha value is -1.89. The van der Waals surface area contributed by atoms with E-state index in [0.717, 1.165) is 0 Å². The molecule has 0 spiro atoms. The number of halogens is 3. The van der Waals surface area contributed by atoms with Crippen molar-refractivity contribution in [3.63, 3.8) is 0 Å². The van der Waals surface area contributed by atoms with Crippen molar-refractivity contribution in [2.75, 3.05) is 6.61 Å². The summed E-state index contributed by atoms with van der Waals surface area (Å²) in [5.74, 6) is -1.06.